The minimum Gasteiger partial charge on any atom is -0.454 e. The van der Waals surface area contributed by atoms with Crippen molar-refractivity contribution in [2.75, 3.05) is 0 Å². The molecule has 5 nitrogen and oxygen atoms in total. The van der Waals surface area contributed by atoms with Gasteiger partial charge in [-0.25, -0.2) is 9.18 Å². The van der Waals surface area contributed by atoms with Crippen LogP contribution in [0.1, 0.15) is 13.3 Å². The summed E-state index contributed by atoms with van der Waals surface area (Å²) in [5.74, 6) is -1.25. The fourth-order valence-corrected chi connectivity index (χ4v) is 2.80. The van der Waals surface area contributed by atoms with Crippen molar-refractivity contribution in [1.82, 2.24) is 0 Å². The van der Waals surface area contributed by atoms with E-state index >= 15 is 0 Å². The zero-order valence-electron chi connectivity index (χ0n) is 13.3. The fourth-order valence-electron chi connectivity index (χ4n) is 2.21. The number of para-hydroxylation sites is 1. The van der Waals surface area contributed by atoms with Crippen LogP contribution >= 0.6 is 27.5 Å². The van der Waals surface area contributed by atoms with E-state index in [1.165, 1.54) is 6.07 Å². The first kappa shape index (κ1) is 18.4. The van der Waals surface area contributed by atoms with E-state index in [4.69, 9.17) is 20.9 Å². The summed E-state index contributed by atoms with van der Waals surface area (Å²) in [7, 11) is 0. The molecule has 26 heavy (non-hydrogen) atoms. The Kier molecular flexibility index (Phi) is 5.29. The first-order valence-electron chi connectivity index (χ1n) is 7.50. The van der Waals surface area contributed by atoms with Gasteiger partial charge >= 0.3 is 5.97 Å². The van der Waals surface area contributed by atoms with E-state index in [-0.39, 0.29) is 49.4 Å². The molecule has 0 atom stereocenters. The normalized spacial score (nSPS) is 10.8. The van der Waals surface area contributed by atoms with Gasteiger partial charge in [0, 0.05) is 18.6 Å². The molecule has 0 saturated heterocycles. The number of rotatable bonds is 4. The van der Waals surface area contributed by atoms with Crippen molar-refractivity contribution in [2.45, 2.75) is 13.3 Å². The number of hydrogen-bond donors (Lipinski definition) is 0. The first-order chi connectivity index (χ1) is 12.4. The summed E-state index contributed by atoms with van der Waals surface area (Å²) >= 11 is 9.19. The van der Waals surface area contributed by atoms with E-state index in [0.717, 1.165) is 12.1 Å². The van der Waals surface area contributed by atoms with Crippen LogP contribution in [0.5, 0.6) is 5.75 Å². The molecule has 1 aromatic heterocycles. The van der Waals surface area contributed by atoms with Crippen molar-refractivity contribution in [3.8, 4) is 17.1 Å². The van der Waals surface area contributed by atoms with Gasteiger partial charge in [-0.3, -0.25) is 14.6 Å². The van der Waals surface area contributed by atoms with Crippen LogP contribution in [0.25, 0.3) is 22.3 Å². The fraction of sp³-hybridized carbons (Fsp3) is 0.111. The van der Waals surface area contributed by atoms with Gasteiger partial charge in [0.05, 0.1) is 20.4 Å². The lowest BCUT2D eigenvalue weighted by atomic mass is 10.1. The summed E-state index contributed by atoms with van der Waals surface area (Å²) in [6, 6.07) is 8.27. The van der Waals surface area contributed by atoms with E-state index in [1.54, 1.807) is 25.1 Å². The van der Waals surface area contributed by atoms with Crippen molar-refractivity contribution in [2.24, 2.45) is 0 Å². The lowest BCUT2D eigenvalue weighted by Gasteiger charge is -2.10. The predicted molar refractivity (Wildman–Crippen MR) is 97.6 cm³/mol. The number of carbonyl (C=O) groups is 1. The highest BCUT2D eigenvalue weighted by Crippen LogP contribution is 2.35. The van der Waals surface area contributed by atoms with Gasteiger partial charge in [0.25, 0.3) is 0 Å². The standard InChI is InChI=1S/C18H11BrClFO5/c1-2-17(23)26-25-16-6-10(13(21)7-11(16)19)15-8-14(22)9-4-3-5-12(20)18(9)24-15/h3-8H,2H2,1H3. The Morgan fingerprint density at radius 2 is 2.08 bits per heavy atom. The molecule has 0 saturated carbocycles. The number of carbonyl (C=O) groups excluding carboxylic acids is 1. The lowest BCUT2D eigenvalue weighted by Crippen LogP contribution is -2.07. The van der Waals surface area contributed by atoms with E-state index < -0.39 is 11.8 Å². The van der Waals surface area contributed by atoms with E-state index in [0.29, 0.717) is 0 Å². The second-order valence-electron chi connectivity index (χ2n) is 5.25. The average Bonchev–Trinajstić information content (AvgIpc) is 2.61. The molecular formula is C18H11BrClFO5. The first-order valence-corrected chi connectivity index (χ1v) is 8.67. The van der Waals surface area contributed by atoms with Crippen molar-refractivity contribution < 1.29 is 23.4 Å². The number of hydrogen-bond acceptors (Lipinski definition) is 5. The molecule has 8 heteroatoms. The lowest BCUT2D eigenvalue weighted by molar-refractivity contribution is -0.213. The Labute approximate surface area is 160 Å². The molecule has 0 aliphatic heterocycles. The summed E-state index contributed by atoms with van der Waals surface area (Å²) in [6.07, 6.45) is 0.115. The molecule has 3 aromatic rings. The molecular weight excluding hydrogens is 431 g/mol. The third kappa shape index (κ3) is 3.59. The SMILES string of the molecule is CCC(=O)OOc1cc(-c2cc(=O)c3cccc(Cl)c3o2)c(F)cc1Br. The van der Waals surface area contributed by atoms with Gasteiger partial charge in [0.15, 0.2) is 16.8 Å². The Bertz CT molecular complexity index is 1060. The van der Waals surface area contributed by atoms with Crippen LogP contribution < -0.4 is 10.3 Å². The predicted octanol–water partition coefficient (Wildman–Crippen LogP) is 5.26. The number of fused-ring (bicyclic) bond motifs is 1. The van der Waals surface area contributed by atoms with E-state index in [1.807, 2.05) is 0 Å². The van der Waals surface area contributed by atoms with Crippen LogP contribution in [0.3, 0.4) is 0 Å². The minimum absolute atomic E-state index is 0.0349. The highest BCUT2D eigenvalue weighted by Gasteiger charge is 2.17. The quantitative estimate of drug-likeness (QED) is 0.408. The Balaban J connectivity index is 2.11. The largest absolute Gasteiger partial charge is 0.454 e. The number of halogens is 3. The van der Waals surface area contributed by atoms with Crippen LogP contribution in [0.15, 0.2) is 50.1 Å². The van der Waals surface area contributed by atoms with Crippen LogP contribution in [0.2, 0.25) is 5.02 Å². The monoisotopic (exact) mass is 440 g/mol. The molecule has 0 unspecified atom stereocenters. The van der Waals surface area contributed by atoms with Gasteiger partial charge in [-0.2, -0.15) is 0 Å². The molecule has 2 aromatic carbocycles. The van der Waals surface area contributed by atoms with E-state index in [9.17, 15) is 14.0 Å². The van der Waals surface area contributed by atoms with Crippen molar-refractivity contribution in [1.29, 1.82) is 0 Å². The van der Waals surface area contributed by atoms with Crippen molar-refractivity contribution >= 4 is 44.5 Å². The van der Waals surface area contributed by atoms with E-state index in [2.05, 4.69) is 20.8 Å². The summed E-state index contributed by atoms with van der Waals surface area (Å²) in [5, 5.41) is 0.513. The molecule has 0 N–H and O–H groups in total. The van der Waals surface area contributed by atoms with Crippen molar-refractivity contribution in [3.63, 3.8) is 0 Å². The van der Waals surface area contributed by atoms with Gasteiger partial charge in [-0.15, -0.1) is 0 Å². The molecule has 0 spiro atoms. The highest BCUT2D eigenvalue weighted by atomic mass is 79.9. The molecule has 1 heterocycles. The summed E-state index contributed by atoms with van der Waals surface area (Å²) in [4.78, 5) is 33.1. The topological polar surface area (TPSA) is 65.7 Å². The molecule has 3 rings (SSSR count). The summed E-state index contributed by atoms with van der Waals surface area (Å²) in [5.41, 5.74) is -0.264. The molecule has 0 aliphatic carbocycles. The third-order valence-electron chi connectivity index (χ3n) is 3.51. The molecule has 0 aliphatic rings. The van der Waals surface area contributed by atoms with Crippen LogP contribution in [-0.4, -0.2) is 5.97 Å². The zero-order valence-corrected chi connectivity index (χ0v) is 15.7. The Morgan fingerprint density at radius 3 is 2.81 bits per heavy atom. The molecule has 0 amide bonds. The Morgan fingerprint density at radius 1 is 1.31 bits per heavy atom. The summed E-state index contributed by atoms with van der Waals surface area (Å²) < 4.78 is 20.3. The molecule has 0 bridgehead atoms. The minimum atomic E-state index is -0.666. The zero-order chi connectivity index (χ0) is 18.8. The molecule has 0 fully saturated rings. The second kappa shape index (κ2) is 7.47. The third-order valence-corrected chi connectivity index (χ3v) is 4.42. The average molecular weight is 442 g/mol. The van der Waals surface area contributed by atoms with Gasteiger partial charge in [0.1, 0.15) is 11.6 Å². The van der Waals surface area contributed by atoms with Gasteiger partial charge < -0.3 is 4.42 Å². The Hall–Kier alpha value is -2.38. The number of benzene rings is 2. The maximum absolute atomic E-state index is 14.4. The molecule has 0 radical (unpaired) electrons. The van der Waals surface area contributed by atoms with Gasteiger partial charge in [-0.1, -0.05) is 24.6 Å². The highest BCUT2D eigenvalue weighted by molar-refractivity contribution is 9.10. The summed E-state index contributed by atoms with van der Waals surface area (Å²) in [6.45, 7) is 1.60. The van der Waals surface area contributed by atoms with Crippen molar-refractivity contribution in [3.05, 3.63) is 61.9 Å². The maximum atomic E-state index is 14.4. The maximum Gasteiger partial charge on any atom is 0.355 e. The van der Waals surface area contributed by atoms with Crippen LogP contribution in [0.4, 0.5) is 4.39 Å². The molecule has 134 valence electrons. The van der Waals surface area contributed by atoms with Crippen LogP contribution in [-0.2, 0) is 9.68 Å². The van der Waals surface area contributed by atoms with Gasteiger partial charge in [-0.05, 0) is 34.1 Å². The second-order valence-corrected chi connectivity index (χ2v) is 6.51. The smallest absolute Gasteiger partial charge is 0.355 e. The van der Waals surface area contributed by atoms with Gasteiger partial charge in [0.2, 0.25) is 0 Å². The van der Waals surface area contributed by atoms with Crippen LogP contribution in [0, 0.1) is 5.82 Å².